The molecule has 8 nitrogen and oxygen atoms in total. The van der Waals surface area contributed by atoms with Crippen molar-refractivity contribution in [3.8, 4) is 0 Å². The summed E-state index contributed by atoms with van der Waals surface area (Å²) < 4.78 is 26.2. The van der Waals surface area contributed by atoms with Gasteiger partial charge in [-0.3, -0.25) is 9.59 Å². The lowest BCUT2D eigenvalue weighted by Gasteiger charge is -2.34. The van der Waals surface area contributed by atoms with E-state index < -0.39 is 41.8 Å². The molecule has 0 aromatic carbocycles. The summed E-state index contributed by atoms with van der Waals surface area (Å²) in [4.78, 5) is 34.7. The standard InChI is InChI=1S/C14H20O8/c1-8(15)20-11-12(21-9(2)16)14(22-13(11)17)6-4-5-10(14)19-7-18-3/h10-12H,4-7H2,1-3H3/t10-,11+,12-,14+/m0/s1. The fourth-order valence-electron chi connectivity index (χ4n) is 3.10. The molecule has 124 valence electrons. The molecule has 4 atom stereocenters. The fourth-order valence-corrected chi connectivity index (χ4v) is 3.10. The maximum atomic E-state index is 12.1. The Hall–Kier alpha value is -1.67. The van der Waals surface area contributed by atoms with E-state index in [9.17, 15) is 14.4 Å². The summed E-state index contributed by atoms with van der Waals surface area (Å²) in [5.74, 6) is -1.96. The zero-order valence-corrected chi connectivity index (χ0v) is 12.8. The number of methoxy groups -OCH3 is 1. The van der Waals surface area contributed by atoms with Crippen LogP contribution in [-0.2, 0) is 38.1 Å². The molecule has 1 saturated carbocycles. The van der Waals surface area contributed by atoms with Crippen LogP contribution in [0.15, 0.2) is 0 Å². The molecule has 22 heavy (non-hydrogen) atoms. The molecule has 0 radical (unpaired) electrons. The van der Waals surface area contributed by atoms with E-state index in [0.717, 1.165) is 6.42 Å². The number of carbonyl (C=O) groups is 3. The number of rotatable bonds is 5. The molecule has 1 aliphatic heterocycles. The summed E-state index contributed by atoms with van der Waals surface area (Å²) in [6.07, 6.45) is -0.962. The van der Waals surface area contributed by atoms with Crippen molar-refractivity contribution in [2.24, 2.45) is 0 Å². The molecular formula is C14H20O8. The predicted octanol–water partition coefficient (Wildman–Crippen LogP) is 0.318. The summed E-state index contributed by atoms with van der Waals surface area (Å²) >= 11 is 0. The lowest BCUT2D eigenvalue weighted by molar-refractivity contribution is -0.194. The van der Waals surface area contributed by atoms with Gasteiger partial charge in [-0.1, -0.05) is 0 Å². The normalized spacial score (nSPS) is 33.8. The van der Waals surface area contributed by atoms with Crippen LogP contribution in [0.2, 0.25) is 0 Å². The lowest BCUT2D eigenvalue weighted by atomic mass is 9.91. The van der Waals surface area contributed by atoms with Crippen LogP contribution >= 0.6 is 0 Å². The summed E-state index contributed by atoms with van der Waals surface area (Å²) in [5.41, 5.74) is -1.14. The number of esters is 3. The van der Waals surface area contributed by atoms with Crippen molar-refractivity contribution in [2.45, 2.75) is 57.0 Å². The third-order valence-electron chi connectivity index (χ3n) is 3.83. The number of hydrogen-bond donors (Lipinski definition) is 0. The minimum atomic E-state index is -1.27. The molecular weight excluding hydrogens is 296 g/mol. The summed E-state index contributed by atoms with van der Waals surface area (Å²) in [5, 5.41) is 0. The fraction of sp³-hybridized carbons (Fsp3) is 0.786. The highest BCUT2D eigenvalue weighted by molar-refractivity contribution is 5.83. The van der Waals surface area contributed by atoms with Gasteiger partial charge in [-0.05, 0) is 19.3 Å². The van der Waals surface area contributed by atoms with Crippen molar-refractivity contribution in [3.63, 3.8) is 0 Å². The molecule has 0 aromatic heterocycles. The highest BCUT2D eigenvalue weighted by Crippen LogP contribution is 2.45. The molecule has 0 N–H and O–H groups in total. The maximum absolute atomic E-state index is 12.1. The summed E-state index contributed by atoms with van der Waals surface area (Å²) in [7, 11) is 1.48. The highest BCUT2D eigenvalue weighted by atomic mass is 16.7. The van der Waals surface area contributed by atoms with Gasteiger partial charge < -0.3 is 23.7 Å². The lowest BCUT2D eigenvalue weighted by Crippen LogP contribution is -2.52. The average Bonchev–Trinajstić information content (AvgIpc) is 2.93. The largest absolute Gasteiger partial charge is 0.453 e. The van der Waals surface area contributed by atoms with Gasteiger partial charge in [0, 0.05) is 21.0 Å². The second kappa shape index (κ2) is 6.62. The predicted molar refractivity (Wildman–Crippen MR) is 70.5 cm³/mol. The molecule has 0 unspecified atom stereocenters. The molecule has 2 aliphatic rings. The molecule has 0 bridgehead atoms. The Bertz CT molecular complexity index is 462. The van der Waals surface area contributed by atoms with E-state index in [2.05, 4.69) is 0 Å². The zero-order valence-electron chi connectivity index (χ0n) is 12.8. The van der Waals surface area contributed by atoms with Crippen LogP contribution in [-0.4, -0.2) is 55.7 Å². The summed E-state index contributed by atoms with van der Waals surface area (Å²) in [6.45, 7) is 2.42. The Labute approximate surface area is 128 Å². The maximum Gasteiger partial charge on any atom is 0.352 e. The van der Waals surface area contributed by atoms with Crippen molar-refractivity contribution in [1.29, 1.82) is 0 Å². The molecule has 1 heterocycles. The minimum absolute atomic E-state index is 0.0228. The van der Waals surface area contributed by atoms with E-state index in [1.165, 1.54) is 21.0 Å². The molecule has 2 fully saturated rings. The first kappa shape index (κ1) is 16.7. The second-order valence-corrected chi connectivity index (χ2v) is 5.39. The Balaban J connectivity index is 2.29. The molecule has 0 aromatic rings. The Kier molecular flexibility index (Phi) is 5.02. The van der Waals surface area contributed by atoms with E-state index in [4.69, 9.17) is 23.7 Å². The Morgan fingerprint density at radius 3 is 2.55 bits per heavy atom. The van der Waals surface area contributed by atoms with Gasteiger partial charge in [0.05, 0.1) is 0 Å². The third kappa shape index (κ3) is 3.07. The first-order valence-electron chi connectivity index (χ1n) is 7.08. The van der Waals surface area contributed by atoms with Crippen molar-refractivity contribution in [2.75, 3.05) is 13.9 Å². The van der Waals surface area contributed by atoms with Crippen LogP contribution in [0.3, 0.4) is 0 Å². The van der Waals surface area contributed by atoms with Crippen LogP contribution in [0.25, 0.3) is 0 Å². The quantitative estimate of drug-likeness (QED) is 0.406. The van der Waals surface area contributed by atoms with Gasteiger partial charge in [0.1, 0.15) is 12.9 Å². The van der Waals surface area contributed by atoms with Crippen LogP contribution in [0.4, 0.5) is 0 Å². The Morgan fingerprint density at radius 2 is 1.95 bits per heavy atom. The third-order valence-corrected chi connectivity index (χ3v) is 3.83. The van der Waals surface area contributed by atoms with Gasteiger partial charge in [0.2, 0.25) is 6.10 Å². The first-order chi connectivity index (χ1) is 10.4. The van der Waals surface area contributed by atoms with E-state index >= 15 is 0 Å². The van der Waals surface area contributed by atoms with E-state index in [-0.39, 0.29) is 6.79 Å². The van der Waals surface area contributed by atoms with E-state index in [1.54, 1.807) is 0 Å². The number of hydrogen-bond acceptors (Lipinski definition) is 8. The van der Waals surface area contributed by atoms with E-state index in [0.29, 0.717) is 12.8 Å². The molecule has 0 amide bonds. The van der Waals surface area contributed by atoms with Gasteiger partial charge in [-0.25, -0.2) is 4.79 Å². The summed E-state index contributed by atoms with van der Waals surface area (Å²) in [6, 6.07) is 0. The highest BCUT2D eigenvalue weighted by Gasteiger charge is 2.65. The monoisotopic (exact) mass is 316 g/mol. The van der Waals surface area contributed by atoms with Gasteiger partial charge in [-0.2, -0.15) is 0 Å². The average molecular weight is 316 g/mol. The van der Waals surface area contributed by atoms with Crippen LogP contribution < -0.4 is 0 Å². The molecule has 1 saturated heterocycles. The van der Waals surface area contributed by atoms with Crippen LogP contribution in [0.5, 0.6) is 0 Å². The van der Waals surface area contributed by atoms with Crippen LogP contribution in [0, 0.1) is 0 Å². The van der Waals surface area contributed by atoms with Gasteiger partial charge >= 0.3 is 17.9 Å². The van der Waals surface area contributed by atoms with Gasteiger partial charge in [-0.15, -0.1) is 0 Å². The Morgan fingerprint density at radius 1 is 1.27 bits per heavy atom. The first-order valence-corrected chi connectivity index (χ1v) is 7.08. The topological polar surface area (TPSA) is 97.4 Å². The zero-order chi connectivity index (χ0) is 16.3. The van der Waals surface area contributed by atoms with Crippen molar-refractivity contribution in [1.82, 2.24) is 0 Å². The van der Waals surface area contributed by atoms with Crippen molar-refractivity contribution >= 4 is 17.9 Å². The molecule has 1 aliphatic carbocycles. The van der Waals surface area contributed by atoms with E-state index in [1.807, 2.05) is 0 Å². The SMILES string of the molecule is COCO[C@H]1CCC[C@@]12OC(=O)[C@H](OC(C)=O)[C@@H]2OC(C)=O. The molecule has 1 spiro atoms. The number of ether oxygens (including phenoxy) is 5. The minimum Gasteiger partial charge on any atom is -0.453 e. The second-order valence-electron chi connectivity index (χ2n) is 5.39. The van der Waals surface area contributed by atoms with Crippen molar-refractivity contribution < 1.29 is 38.1 Å². The molecule has 8 heteroatoms. The van der Waals surface area contributed by atoms with Crippen molar-refractivity contribution in [3.05, 3.63) is 0 Å². The van der Waals surface area contributed by atoms with Gasteiger partial charge in [0.15, 0.2) is 11.7 Å². The van der Waals surface area contributed by atoms with Gasteiger partial charge in [0.25, 0.3) is 0 Å². The number of carbonyl (C=O) groups excluding carboxylic acids is 3. The smallest absolute Gasteiger partial charge is 0.352 e. The molecule has 2 rings (SSSR count). The van der Waals surface area contributed by atoms with Crippen LogP contribution in [0.1, 0.15) is 33.1 Å².